The number of fused-ring (bicyclic) bond motifs is 2. The first kappa shape index (κ1) is 14.8. The molecule has 2 aliphatic heterocycles. The standard InChI is InChI=1S/C17H26N6/c1-21(2)17-12-7-6-10-22(3)16(12)19-15-11-14(20-23(15)17)13-8-4-5-9-18-13/h11,13,18H,4-10H2,1-3H3. The average molecular weight is 314 g/mol. The van der Waals surface area contributed by atoms with Gasteiger partial charge in [-0.05, 0) is 32.2 Å². The Kier molecular flexibility index (Phi) is 3.64. The minimum Gasteiger partial charge on any atom is -0.362 e. The van der Waals surface area contributed by atoms with Crippen molar-refractivity contribution in [3.8, 4) is 0 Å². The molecule has 1 N–H and O–H groups in total. The maximum absolute atomic E-state index is 4.93. The number of aromatic nitrogens is 3. The van der Waals surface area contributed by atoms with Crippen LogP contribution in [0.5, 0.6) is 0 Å². The Labute approximate surface area is 137 Å². The van der Waals surface area contributed by atoms with Gasteiger partial charge in [0.1, 0.15) is 11.6 Å². The van der Waals surface area contributed by atoms with Crippen molar-refractivity contribution in [2.24, 2.45) is 0 Å². The number of nitrogens with zero attached hydrogens (tertiary/aromatic N) is 5. The van der Waals surface area contributed by atoms with Crippen LogP contribution in [0, 0.1) is 0 Å². The van der Waals surface area contributed by atoms with Gasteiger partial charge in [-0.25, -0.2) is 4.98 Å². The Morgan fingerprint density at radius 3 is 2.87 bits per heavy atom. The Bertz CT molecular complexity index is 713. The molecule has 0 saturated carbocycles. The molecule has 0 amide bonds. The molecule has 2 aliphatic rings. The van der Waals surface area contributed by atoms with Gasteiger partial charge in [-0.2, -0.15) is 9.61 Å². The van der Waals surface area contributed by atoms with Gasteiger partial charge < -0.3 is 15.1 Å². The van der Waals surface area contributed by atoms with Gasteiger partial charge in [0.25, 0.3) is 0 Å². The summed E-state index contributed by atoms with van der Waals surface area (Å²) in [6.07, 6.45) is 5.96. The third-order valence-electron chi connectivity index (χ3n) is 5.04. The molecule has 6 heteroatoms. The molecule has 6 nitrogen and oxygen atoms in total. The van der Waals surface area contributed by atoms with Crippen LogP contribution in [-0.2, 0) is 6.42 Å². The number of anilines is 2. The highest BCUT2D eigenvalue weighted by atomic mass is 15.4. The lowest BCUT2D eigenvalue weighted by Gasteiger charge is -2.30. The summed E-state index contributed by atoms with van der Waals surface area (Å²) in [4.78, 5) is 9.38. The van der Waals surface area contributed by atoms with Crippen LogP contribution < -0.4 is 15.1 Å². The quantitative estimate of drug-likeness (QED) is 0.919. The molecule has 0 aliphatic carbocycles. The van der Waals surface area contributed by atoms with Crippen LogP contribution in [0.3, 0.4) is 0 Å². The van der Waals surface area contributed by atoms with Crippen LogP contribution >= 0.6 is 0 Å². The normalized spacial score (nSPS) is 21.5. The van der Waals surface area contributed by atoms with E-state index >= 15 is 0 Å². The predicted octanol–water partition coefficient (Wildman–Crippen LogP) is 1.99. The summed E-state index contributed by atoms with van der Waals surface area (Å²) in [5.41, 5.74) is 3.41. The van der Waals surface area contributed by atoms with E-state index in [-0.39, 0.29) is 0 Å². The van der Waals surface area contributed by atoms with Gasteiger partial charge in [0.05, 0.1) is 11.7 Å². The summed E-state index contributed by atoms with van der Waals surface area (Å²) in [6.45, 7) is 2.17. The molecule has 2 aromatic heterocycles. The van der Waals surface area contributed by atoms with E-state index in [2.05, 4.69) is 42.3 Å². The van der Waals surface area contributed by atoms with Gasteiger partial charge in [0.2, 0.25) is 0 Å². The number of piperidine rings is 1. The van der Waals surface area contributed by atoms with Gasteiger partial charge in [-0.1, -0.05) is 6.42 Å². The molecule has 1 saturated heterocycles. The molecule has 1 fully saturated rings. The van der Waals surface area contributed by atoms with Crippen LogP contribution in [0.15, 0.2) is 6.07 Å². The van der Waals surface area contributed by atoms with Gasteiger partial charge >= 0.3 is 0 Å². The second kappa shape index (κ2) is 5.67. The maximum Gasteiger partial charge on any atom is 0.160 e. The van der Waals surface area contributed by atoms with Crippen molar-refractivity contribution in [3.05, 3.63) is 17.3 Å². The Morgan fingerprint density at radius 1 is 1.26 bits per heavy atom. The van der Waals surface area contributed by atoms with Crippen molar-refractivity contribution in [2.75, 3.05) is 44.0 Å². The monoisotopic (exact) mass is 314 g/mol. The summed E-state index contributed by atoms with van der Waals surface area (Å²) in [5.74, 6) is 2.30. The summed E-state index contributed by atoms with van der Waals surface area (Å²) < 4.78 is 2.05. The highest BCUT2D eigenvalue weighted by Gasteiger charge is 2.25. The number of nitrogens with one attached hydrogen (secondary N) is 1. The highest BCUT2D eigenvalue weighted by Crippen LogP contribution is 2.33. The topological polar surface area (TPSA) is 48.7 Å². The Hall–Kier alpha value is -1.82. The fourth-order valence-corrected chi connectivity index (χ4v) is 3.90. The van der Waals surface area contributed by atoms with Gasteiger partial charge in [0, 0.05) is 39.3 Å². The van der Waals surface area contributed by atoms with Crippen LogP contribution in [0.4, 0.5) is 11.6 Å². The summed E-state index contributed by atoms with van der Waals surface area (Å²) in [6, 6.07) is 2.54. The molecular weight excluding hydrogens is 288 g/mol. The number of hydrogen-bond acceptors (Lipinski definition) is 5. The van der Waals surface area contributed by atoms with Crippen molar-refractivity contribution in [3.63, 3.8) is 0 Å². The second-order valence-electron chi connectivity index (χ2n) is 7.00. The number of rotatable bonds is 2. The summed E-state index contributed by atoms with van der Waals surface area (Å²) in [5, 5.41) is 8.52. The lowest BCUT2D eigenvalue weighted by atomic mass is 10.0. The van der Waals surface area contributed by atoms with E-state index in [1.54, 1.807) is 0 Å². The molecule has 124 valence electrons. The van der Waals surface area contributed by atoms with Gasteiger partial charge in [-0.3, -0.25) is 0 Å². The van der Waals surface area contributed by atoms with Crippen LogP contribution in [-0.4, -0.2) is 48.8 Å². The minimum atomic E-state index is 0.371. The molecule has 1 unspecified atom stereocenters. The zero-order valence-corrected chi connectivity index (χ0v) is 14.3. The van der Waals surface area contributed by atoms with Crippen LogP contribution in [0.25, 0.3) is 5.65 Å². The Balaban J connectivity index is 1.87. The smallest absolute Gasteiger partial charge is 0.160 e. The third-order valence-corrected chi connectivity index (χ3v) is 5.04. The first-order chi connectivity index (χ1) is 11.1. The predicted molar refractivity (Wildman–Crippen MR) is 93.5 cm³/mol. The molecule has 4 heterocycles. The maximum atomic E-state index is 4.93. The molecule has 0 bridgehead atoms. The van der Waals surface area contributed by atoms with Crippen molar-refractivity contribution >= 4 is 17.3 Å². The van der Waals surface area contributed by atoms with E-state index in [4.69, 9.17) is 10.1 Å². The van der Waals surface area contributed by atoms with E-state index in [9.17, 15) is 0 Å². The fraction of sp³-hybridized carbons (Fsp3) is 0.647. The fourth-order valence-electron chi connectivity index (χ4n) is 3.90. The van der Waals surface area contributed by atoms with Gasteiger partial charge in [0.15, 0.2) is 5.65 Å². The molecule has 0 spiro atoms. The molecule has 1 atom stereocenters. The zero-order valence-electron chi connectivity index (χ0n) is 14.3. The first-order valence-electron chi connectivity index (χ1n) is 8.69. The van der Waals surface area contributed by atoms with E-state index in [1.807, 2.05) is 4.52 Å². The van der Waals surface area contributed by atoms with Crippen molar-refractivity contribution in [1.29, 1.82) is 0 Å². The summed E-state index contributed by atoms with van der Waals surface area (Å²) >= 11 is 0. The molecule has 2 aromatic rings. The SMILES string of the molecule is CN(C)c1c2c(nc3cc(C4CCCCN4)nn13)N(C)CCC2. The lowest BCUT2D eigenvalue weighted by Crippen LogP contribution is -2.29. The van der Waals surface area contributed by atoms with Crippen molar-refractivity contribution in [2.45, 2.75) is 38.1 Å². The molecule has 23 heavy (non-hydrogen) atoms. The Morgan fingerprint density at radius 2 is 2.13 bits per heavy atom. The van der Waals surface area contributed by atoms with E-state index in [0.717, 1.165) is 36.7 Å². The molecule has 4 rings (SSSR count). The minimum absolute atomic E-state index is 0.371. The third kappa shape index (κ3) is 2.45. The molecule has 0 aromatic carbocycles. The molecular formula is C17H26N6. The number of hydrogen-bond donors (Lipinski definition) is 1. The summed E-state index contributed by atoms with van der Waals surface area (Å²) in [7, 11) is 6.34. The largest absolute Gasteiger partial charge is 0.362 e. The zero-order chi connectivity index (χ0) is 16.0. The van der Waals surface area contributed by atoms with Crippen LogP contribution in [0.2, 0.25) is 0 Å². The van der Waals surface area contributed by atoms with Gasteiger partial charge in [-0.15, -0.1) is 0 Å². The average Bonchev–Trinajstić information content (AvgIpc) is 2.97. The van der Waals surface area contributed by atoms with Crippen molar-refractivity contribution in [1.82, 2.24) is 19.9 Å². The molecule has 0 radical (unpaired) electrons. The van der Waals surface area contributed by atoms with E-state index in [0.29, 0.717) is 6.04 Å². The highest BCUT2D eigenvalue weighted by molar-refractivity contribution is 5.67. The van der Waals surface area contributed by atoms with E-state index in [1.165, 1.54) is 37.1 Å². The van der Waals surface area contributed by atoms with Crippen molar-refractivity contribution < 1.29 is 0 Å². The first-order valence-corrected chi connectivity index (χ1v) is 8.69. The lowest BCUT2D eigenvalue weighted by molar-refractivity contribution is 0.404. The van der Waals surface area contributed by atoms with Crippen LogP contribution in [0.1, 0.15) is 43.0 Å². The van der Waals surface area contributed by atoms with E-state index < -0.39 is 0 Å². The second-order valence-corrected chi connectivity index (χ2v) is 7.00.